The van der Waals surface area contributed by atoms with Gasteiger partial charge < -0.3 is 14.5 Å². The van der Waals surface area contributed by atoms with Crippen LogP contribution in [0.3, 0.4) is 0 Å². The smallest absolute Gasteiger partial charge is 0.264 e. The molecule has 0 fully saturated rings. The van der Waals surface area contributed by atoms with Gasteiger partial charge in [0.25, 0.3) is 7.37 Å². The maximum Gasteiger partial charge on any atom is 0.264 e. The highest BCUT2D eigenvalue weighted by molar-refractivity contribution is 7.67. The summed E-state index contributed by atoms with van der Waals surface area (Å²) in [6.07, 6.45) is -0.286. The molecule has 0 unspecified atom stereocenters. The molecular weight excluding hydrogens is 345 g/mol. The van der Waals surface area contributed by atoms with Gasteiger partial charge in [-0.25, -0.2) is 0 Å². The third-order valence-corrected chi connectivity index (χ3v) is 6.53. The first kappa shape index (κ1) is 19.0. The molecule has 0 saturated carbocycles. The Morgan fingerprint density at radius 1 is 1.04 bits per heavy atom. The van der Waals surface area contributed by atoms with Gasteiger partial charge in [0.05, 0.1) is 6.10 Å². The fraction of sp³-hybridized carbons (Fsp3) is 0.333. The van der Waals surface area contributed by atoms with Gasteiger partial charge in [-0.15, -0.1) is 0 Å². The van der Waals surface area contributed by atoms with Gasteiger partial charge in [0.15, 0.2) is 5.85 Å². The molecule has 2 aromatic carbocycles. The zero-order valence-electron chi connectivity index (χ0n) is 14.3. The van der Waals surface area contributed by atoms with Gasteiger partial charge in [0, 0.05) is 30.1 Å². The minimum absolute atomic E-state index is 0.286. The van der Waals surface area contributed by atoms with Crippen LogP contribution in [-0.4, -0.2) is 25.3 Å². The maximum absolute atomic E-state index is 13.6. The largest absolute Gasteiger partial charge is 0.378 e. The molecule has 4 nitrogen and oxygen atoms in total. The van der Waals surface area contributed by atoms with Gasteiger partial charge in [0.2, 0.25) is 0 Å². The van der Waals surface area contributed by atoms with Crippen LogP contribution in [-0.2, 0) is 9.09 Å². The van der Waals surface area contributed by atoms with Crippen LogP contribution in [0.25, 0.3) is 0 Å². The Balaban J connectivity index is 2.45. The van der Waals surface area contributed by atoms with Crippen molar-refractivity contribution in [2.45, 2.75) is 25.8 Å². The molecule has 1 N–H and O–H groups in total. The third kappa shape index (κ3) is 4.20. The highest BCUT2D eigenvalue weighted by Crippen LogP contribution is 2.58. The van der Waals surface area contributed by atoms with Crippen molar-refractivity contribution in [2.75, 3.05) is 19.0 Å². The lowest BCUT2D eigenvalue weighted by Crippen LogP contribution is -2.18. The first-order valence-corrected chi connectivity index (χ1v) is 9.81. The molecule has 0 bridgehead atoms. The molecule has 24 heavy (non-hydrogen) atoms. The molecule has 130 valence electrons. The number of nitrogens with zero attached hydrogens (tertiary/aromatic N) is 1. The number of benzene rings is 2. The van der Waals surface area contributed by atoms with Crippen molar-refractivity contribution < 1.29 is 14.2 Å². The summed E-state index contributed by atoms with van der Waals surface area (Å²) in [6.45, 7) is 3.60. The van der Waals surface area contributed by atoms with Crippen molar-refractivity contribution in [1.82, 2.24) is 0 Å². The van der Waals surface area contributed by atoms with Crippen LogP contribution in [0.4, 0.5) is 5.69 Å². The van der Waals surface area contributed by atoms with E-state index in [4.69, 9.17) is 16.1 Å². The van der Waals surface area contributed by atoms with Crippen molar-refractivity contribution in [1.29, 1.82) is 0 Å². The molecule has 0 spiro atoms. The van der Waals surface area contributed by atoms with Crippen molar-refractivity contribution in [3.63, 3.8) is 0 Å². The molecule has 0 radical (unpaired) electrons. The highest BCUT2D eigenvalue weighted by Gasteiger charge is 2.37. The number of hydrogen-bond donors (Lipinski definition) is 1. The standard InChI is InChI=1S/C18H23ClNO3P/c1-13(2)23-24(22,17-11-9-16(10-12-17)20(3)4)18(21)14-5-7-15(19)8-6-14/h5-13,18,21H,1-4H3/t18-,24+/m0/s1. The Bertz CT molecular complexity index is 714. The van der Waals surface area contributed by atoms with E-state index >= 15 is 0 Å². The molecule has 0 amide bonds. The number of hydrogen-bond acceptors (Lipinski definition) is 4. The van der Waals surface area contributed by atoms with Gasteiger partial charge in [-0.1, -0.05) is 23.7 Å². The molecule has 0 heterocycles. The summed E-state index contributed by atoms with van der Waals surface area (Å²) in [6, 6.07) is 13.9. The molecule has 6 heteroatoms. The number of halogens is 1. The van der Waals surface area contributed by atoms with Crippen LogP contribution in [0.15, 0.2) is 48.5 Å². The van der Waals surface area contributed by atoms with E-state index in [1.165, 1.54) is 0 Å². The minimum Gasteiger partial charge on any atom is -0.378 e. The summed E-state index contributed by atoms with van der Waals surface area (Å²) in [5, 5.41) is 11.8. The first-order valence-electron chi connectivity index (χ1n) is 7.73. The van der Waals surface area contributed by atoms with E-state index in [9.17, 15) is 9.67 Å². The zero-order valence-corrected chi connectivity index (χ0v) is 16.0. The lowest BCUT2D eigenvalue weighted by molar-refractivity contribution is 0.189. The lowest BCUT2D eigenvalue weighted by atomic mass is 10.2. The van der Waals surface area contributed by atoms with E-state index in [1.807, 2.05) is 31.1 Å². The number of aliphatic hydroxyl groups excluding tert-OH is 1. The molecule has 0 aliphatic carbocycles. The molecule has 2 aromatic rings. The van der Waals surface area contributed by atoms with Crippen LogP contribution in [0, 0.1) is 0 Å². The highest BCUT2D eigenvalue weighted by atomic mass is 35.5. The fourth-order valence-corrected chi connectivity index (χ4v) is 4.76. The summed E-state index contributed by atoms with van der Waals surface area (Å²) >= 11 is 5.89. The maximum atomic E-state index is 13.6. The topological polar surface area (TPSA) is 49.8 Å². The Morgan fingerprint density at radius 3 is 2.04 bits per heavy atom. The van der Waals surface area contributed by atoms with E-state index in [-0.39, 0.29) is 6.10 Å². The normalized spacial score (nSPS) is 15.1. The molecule has 0 aliphatic heterocycles. The van der Waals surface area contributed by atoms with Crippen molar-refractivity contribution in [3.8, 4) is 0 Å². The Kier molecular flexibility index (Phi) is 6.11. The monoisotopic (exact) mass is 367 g/mol. The van der Waals surface area contributed by atoms with E-state index in [0.29, 0.717) is 15.9 Å². The van der Waals surface area contributed by atoms with Crippen molar-refractivity contribution >= 4 is 30.0 Å². The molecule has 0 saturated heterocycles. The molecule has 0 aromatic heterocycles. The van der Waals surface area contributed by atoms with E-state index in [2.05, 4.69) is 0 Å². The second kappa shape index (κ2) is 7.71. The van der Waals surface area contributed by atoms with Crippen LogP contribution < -0.4 is 10.2 Å². The lowest BCUT2D eigenvalue weighted by Gasteiger charge is -2.27. The summed E-state index contributed by atoms with van der Waals surface area (Å²) in [7, 11) is 0.353. The second-order valence-electron chi connectivity index (χ2n) is 6.09. The Labute approximate surface area is 148 Å². The van der Waals surface area contributed by atoms with Gasteiger partial charge in [-0.3, -0.25) is 4.57 Å². The third-order valence-electron chi connectivity index (χ3n) is 3.58. The van der Waals surface area contributed by atoms with Gasteiger partial charge in [-0.2, -0.15) is 0 Å². The Hall–Kier alpha value is -1.32. The van der Waals surface area contributed by atoms with E-state index in [1.54, 1.807) is 50.2 Å². The predicted octanol–water partition coefficient (Wildman–Crippen LogP) is 4.43. The number of anilines is 1. The predicted molar refractivity (Wildman–Crippen MR) is 101 cm³/mol. The summed E-state index contributed by atoms with van der Waals surface area (Å²) in [4.78, 5) is 1.95. The Morgan fingerprint density at radius 2 is 1.58 bits per heavy atom. The fourth-order valence-electron chi connectivity index (χ4n) is 2.36. The average Bonchev–Trinajstić information content (AvgIpc) is 2.54. The van der Waals surface area contributed by atoms with Crippen LogP contribution in [0.2, 0.25) is 5.02 Å². The van der Waals surface area contributed by atoms with Gasteiger partial charge in [0.1, 0.15) is 0 Å². The van der Waals surface area contributed by atoms with E-state index in [0.717, 1.165) is 5.69 Å². The van der Waals surface area contributed by atoms with Crippen molar-refractivity contribution in [2.24, 2.45) is 0 Å². The van der Waals surface area contributed by atoms with Gasteiger partial charge >= 0.3 is 0 Å². The minimum atomic E-state index is -3.51. The SMILES string of the molecule is CC(C)O[P@](=O)(c1ccc(N(C)C)cc1)[C@H](O)c1ccc(Cl)cc1. The quantitative estimate of drug-likeness (QED) is 0.767. The second-order valence-corrected chi connectivity index (χ2v) is 8.93. The average molecular weight is 368 g/mol. The number of rotatable bonds is 6. The first-order chi connectivity index (χ1) is 11.2. The summed E-state index contributed by atoms with van der Waals surface area (Å²) < 4.78 is 19.3. The number of aliphatic hydroxyl groups is 1. The molecule has 2 atom stereocenters. The molecule has 0 aliphatic rings. The molecule has 2 rings (SSSR count). The van der Waals surface area contributed by atoms with Crippen LogP contribution in [0.5, 0.6) is 0 Å². The van der Waals surface area contributed by atoms with Gasteiger partial charge in [-0.05, 0) is 55.8 Å². The van der Waals surface area contributed by atoms with E-state index < -0.39 is 13.2 Å². The zero-order chi connectivity index (χ0) is 17.9. The summed E-state index contributed by atoms with van der Waals surface area (Å²) in [5.74, 6) is -1.25. The van der Waals surface area contributed by atoms with Crippen molar-refractivity contribution in [3.05, 3.63) is 59.1 Å². The molecular formula is C18H23ClNO3P. The van der Waals surface area contributed by atoms with Crippen LogP contribution in [0.1, 0.15) is 25.3 Å². The summed E-state index contributed by atoms with van der Waals surface area (Å²) in [5.41, 5.74) is 1.50. The van der Waals surface area contributed by atoms with Crippen LogP contribution >= 0.6 is 19.0 Å².